The van der Waals surface area contributed by atoms with Crippen molar-refractivity contribution in [2.75, 3.05) is 25.1 Å². The first-order valence-electron chi connectivity index (χ1n) is 8.31. The van der Waals surface area contributed by atoms with Gasteiger partial charge in [-0.1, -0.05) is 12.1 Å². The molecule has 0 aliphatic heterocycles. The van der Waals surface area contributed by atoms with Crippen LogP contribution < -0.4 is 20.1 Å². The Labute approximate surface area is 147 Å². The molecule has 134 valence electrons. The van der Waals surface area contributed by atoms with E-state index in [0.717, 1.165) is 5.56 Å². The molecule has 0 spiro atoms. The van der Waals surface area contributed by atoms with E-state index in [1.807, 2.05) is 32.0 Å². The number of urea groups is 1. The summed E-state index contributed by atoms with van der Waals surface area (Å²) in [6.45, 7) is 5.41. The van der Waals surface area contributed by atoms with E-state index in [4.69, 9.17) is 9.47 Å². The molecule has 2 rings (SSSR count). The lowest BCUT2D eigenvalue weighted by Crippen LogP contribution is -2.30. The summed E-state index contributed by atoms with van der Waals surface area (Å²) in [4.78, 5) is 11.8. The van der Waals surface area contributed by atoms with Gasteiger partial charge in [-0.3, -0.25) is 0 Å². The molecule has 2 aromatic carbocycles. The van der Waals surface area contributed by atoms with Crippen molar-refractivity contribution >= 4 is 11.7 Å². The third kappa shape index (κ3) is 5.99. The summed E-state index contributed by atoms with van der Waals surface area (Å²) in [5.41, 5.74) is 1.44. The molecule has 0 saturated carbocycles. The number of carbonyl (C=O) groups is 1. The van der Waals surface area contributed by atoms with Gasteiger partial charge in [0.2, 0.25) is 0 Å². The summed E-state index contributed by atoms with van der Waals surface area (Å²) in [5, 5.41) is 5.34. The van der Waals surface area contributed by atoms with Crippen molar-refractivity contribution in [2.24, 2.45) is 0 Å². The summed E-state index contributed by atoms with van der Waals surface area (Å²) in [5.74, 6) is 1.02. The average molecular weight is 346 g/mol. The highest BCUT2D eigenvalue weighted by atomic mass is 19.1. The van der Waals surface area contributed by atoms with Gasteiger partial charge in [-0.05, 0) is 56.2 Å². The van der Waals surface area contributed by atoms with Crippen LogP contribution in [0.3, 0.4) is 0 Å². The minimum atomic E-state index is -0.393. The quantitative estimate of drug-likeness (QED) is 0.760. The average Bonchev–Trinajstić information content (AvgIpc) is 2.57. The van der Waals surface area contributed by atoms with Crippen molar-refractivity contribution in [1.82, 2.24) is 5.32 Å². The predicted octanol–water partition coefficient (Wildman–Crippen LogP) is 3.99. The highest BCUT2D eigenvalue weighted by Gasteiger charge is 2.07. The minimum absolute atomic E-state index is 0.374. The molecule has 0 aliphatic rings. The number of carbonyl (C=O) groups excluding carboxylic acids is 1. The van der Waals surface area contributed by atoms with Crippen LogP contribution in [0.15, 0.2) is 42.5 Å². The van der Waals surface area contributed by atoms with Gasteiger partial charge in [-0.2, -0.15) is 0 Å². The van der Waals surface area contributed by atoms with Crippen LogP contribution in [0.25, 0.3) is 0 Å². The molecular formula is C19H23FN2O3. The van der Waals surface area contributed by atoms with Gasteiger partial charge < -0.3 is 20.1 Å². The van der Waals surface area contributed by atoms with Crippen molar-refractivity contribution in [3.63, 3.8) is 0 Å². The Hall–Kier alpha value is -2.76. The fourth-order valence-corrected chi connectivity index (χ4v) is 2.31. The van der Waals surface area contributed by atoms with Crippen molar-refractivity contribution in [3.8, 4) is 11.5 Å². The van der Waals surface area contributed by atoms with E-state index in [9.17, 15) is 9.18 Å². The summed E-state index contributed by atoms with van der Waals surface area (Å²) in [7, 11) is 0. The number of amides is 2. The van der Waals surface area contributed by atoms with Crippen LogP contribution in [-0.2, 0) is 6.42 Å². The van der Waals surface area contributed by atoms with Crippen LogP contribution in [0.5, 0.6) is 11.5 Å². The van der Waals surface area contributed by atoms with Crippen molar-refractivity contribution < 1.29 is 18.7 Å². The van der Waals surface area contributed by atoms with Crippen molar-refractivity contribution in [2.45, 2.75) is 20.3 Å². The monoisotopic (exact) mass is 346 g/mol. The van der Waals surface area contributed by atoms with Gasteiger partial charge in [-0.25, -0.2) is 9.18 Å². The summed E-state index contributed by atoms with van der Waals surface area (Å²) in [6, 6.07) is 11.1. The number of rotatable bonds is 8. The molecule has 0 atom stereocenters. The summed E-state index contributed by atoms with van der Waals surface area (Å²) < 4.78 is 24.2. The Balaban J connectivity index is 1.86. The Bertz CT molecular complexity index is 707. The second kappa shape index (κ2) is 9.52. The molecule has 5 nitrogen and oxygen atoms in total. The Morgan fingerprint density at radius 3 is 2.52 bits per heavy atom. The Morgan fingerprint density at radius 2 is 1.80 bits per heavy atom. The van der Waals surface area contributed by atoms with E-state index in [1.165, 1.54) is 12.1 Å². The number of hydrogen-bond donors (Lipinski definition) is 2. The second-order valence-corrected chi connectivity index (χ2v) is 5.29. The van der Waals surface area contributed by atoms with E-state index in [1.54, 1.807) is 12.1 Å². The standard InChI is InChI=1S/C19H23FN2O3/c1-3-24-17-9-8-14(12-18(17)25-4-2)10-11-21-19(23)22-16-7-5-6-15(20)13-16/h5-9,12-13H,3-4,10-11H2,1-2H3,(H2,21,22,23). The molecule has 0 radical (unpaired) electrons. The van der Waals surface area contributed by atoms with Crippen LogP contribution in [0, 0.1) is 5.82 Å². The molecule has 0 saturated heterocycles. The van der Waals surface area contributed by atoms with E-state index < -0.39 is 5.82 Å². The van der Waals surface area contributed by atoms with Crippen molar-refractivity contribution in [3.05, 3.63) is 53.8 Å². The lowest BCUT2D eigenvalue weighted by molar-refractivity contribution is 0.252. The Kier molecular flexibility index (Phi) is 7.07. The SMILES string of the molecule is CCOc1ccc(CCNC(=O)Nc2cccc(F)c2)cc1OCC. The zero-order chi connectivity index (χ0) is 18.1. The molecule has 2 N–H and O–H groups in total. The largest absolute Gasteiger partial charge is 0.490 e. The van der Waals surface area contributed by atoms with E-state index >= 15 is 0 Å². The second-order valence-electron chi connectivity index (χ2n) is 5.29. The van der Waals surface area contributed by atoms with E-state index in [0.29, 0.717) is 43.4 Å². The maximum absolute atomic E-state index is 13.1. The van der Waals surface area contributed by atoms with Gasteiger partial charge in [0.1, 0.15) is 5.82 Å². The topological polar surface area (TPSA) is 59.6 Å². The van der Waals surface area contributed by atoms with Gasteiger partial charge in [0.05, 0.1) is 13.2 Å². The van der Waals surface area contributed by atoms with Gasteiger partial charge in [0.25, 0.3) is 0 Å². The first-order chi connectivity index (χ1) is 12.1. The number of nitrogens with one attached hydrogen (secondary N) is 2. The van der Waals surface area contributed by atoms with Crippen LogP contribution in [0.4, 0.5) is 14.9 Å². The molecule has 2 aromatic rings. The van der Waals surface area contributed by atoms with Crippen LogP contribution >= 0.6 is 0 Å². The molecule has 2 amide bonds. The number of halogens is 1. The van der Waals surface area contributed by atoms with Crippen LogP contribution in [0.2, 0.25) is 0 Å². The van der Waals surface area contributed by atoms with Gasteiger partial charge in [-0.15, -0.1) is 0 Å². The smallest absolute Gasteiger partial charge is 0.319 e. The summed E-state index contributed by atoms with van der Waals surface area (Å²) >= 11 is 0. The number of hydrogen-bond acceptors (Lipinski definition) is 3. The van der Waals surface area contributed by atoms with Gasteiger partial charge in [0.15, 0.2) is 11.5 Å². The number of benzene rings is 2. The number of ether oxygens (including phenoxy) is 2. The van der Waals surface area contributed by atoms with Gasteiger partial charge in [0, 0.05) is 12.2 Å². The normalized spacial score (nSPS) is 10.2. The third-order valence-corrected chi connectivity index (χ3v) is 3.39. The zero-order valence-corrected chi connectivity index (χ0v) is 14.5. The molecule has 0 bridgehead atoms. The lowest BCUT2D eigenvalue weighted by Gasteiger charge is -2.13. The molecule has 0 unspecified atom stereocenters. The molecule has 25 heavy (non-hydrogen) atoms. The zero-order valence-electron chi connectivity index (χ0n) is 14.5. The van der Waals surface area contributed by atoms with Crippen molar-refractivity contribution in [1.29, 1.82) is 0 Å². The van der Waals surface area contributed by atoms with Gasteiger partial charge >= 0.3 is 6.03 Å². The van der Waals surface area contributed by atoms with E-state index in [2.05, 4.69) is 10.6 Å². The fourth-order valence-electron chi connectivity index (χ4n) is 2.31. The Morgan fingerprint density at radius 1 is 1.04 bits per heavy atom. The number of anilines is 1. The first kappa shape index (κ1) is 18.6. The maximum atomic E-state index is 13.1. The van der Waals surface area contributed by atoms with E-state index in [-0.39, 0.29) is 6.03 Å². The lowest BCUT2D eigenvalue weighted by atomic mass is 10.1. The summed E-state index contributed by atoms with van der Waals surface area (Å²) in [6.07, 6.45) is 0.642. The minimum Gasteiger partial charge on any atom is -0.490 e. The highest BCUT2D eigenvalue weighted by molar-refractivity contribution is 5.89. The van der Waals surface area contributed by atoms with Crippen LogP contribution in [0.1, 0.15) is 19.4 Å². The molecular weight excluding hydrogens is 323 g/mol. The maximum Gasteiger partial charge on any atom is 0.319 e. The molecule has 0 aromatic heterocycles. The fraction of sp³-hybridized carbons (Fsp3) is 0.316. The predicted molar refractivity (Wildman–Crippen MR) is 95.9 cm³/mol. The molecule has 6 heteroatoms. The highest BCUT2D eigenvalue weighted by Crippen LogP contribution is 2.28. The molecule has 0 aliphatic carbocycles. The van der Waals surface area contributed by atoms with Crippen LogP contribution in [-0.4, -0.2) is 25.8 Å². The molecule has 0 fully saturated rings. The molecule has 0 heterocycles. The first-order valence-corrected chi connectivity index (χ1v) is 8.31. The third-order valence-electron chi connectivity index (χ3n) is 3.39.